The quantitative estimate of drug-likeness (QED) is 0.107. The average Bonchev–Trinajstić information content (AvgIpc) is 2.99. The maximum Gasteiger partial charge on any atom is 0.229 e. The summed E-state index contributed by atoms with van der Waals surface area (Å²) in [5.41, 5.74) is 0.274. The van der Waals surface area contributed by atoms with Crippen LogP contribution in [-0.2, 0) is 20.6 Å². The average molecular weight is 629 g/mol. The van der Waals surface area contributed by atoms with Gasteiger partial charge in [-0.1, -0.05) is 6.07 Å². The number of carbonyl (C=O) groups excluding carboxylic acids is 1. The van der Waals surface area contributed by atoms with Gasteiger partial charge < -0.3 is 69.6 Å². The lowest BCUT2D eigenvalue weighted by atomic mass is 9.98. The highest BCUT2D eigenvalue weighted by atomic mass is 16.7. The van der Waals surface area contributed by atoms with Crippen molar-refractivity contribution < 1.29 is 74.4 Å². The number of aromatic hydroxyl groups is 3. The van der Waals surface area contributed by atoms with Crippen molar-refractivity contribution in [3.8, 4) is 28.7 Å². The lowest BCUT2D eigenvalue weighted by Gasteiger charge is -2.43. The monoisotopic (exact) mass is 628 g/mol. The molecule has 246 valence electrons. The first-order valence-corrected chi connectivity index (χ1v) is 13.8. The van der Waals surface area contributed by atoms with E-state index in [2.05, 4.69) is 0 Å². The zero-order valence-corrected chi connectivity index (χ0v) is 24.4. The fourth-order valence-electron chi connectivity index (χ4n) is 4.73. The first-order valence-electron chi connectivity index (χ1n) is 13.8. The van der Waals surface area contributed by atoms with E-state index >= 15 is 0 Å². The molecule has 0 bridgehead atoms. The Kier molecular flexibility index (Phi) is 12.5. The van der Waals surface area contributed by atoms with Crippen LogP contribution in [0.5, 0.6) is 28.7 Å². The number of hydrogen-bond donors (Lipinski definition) is 9. The molecule has 2 aromatic carbocycles. The minimum Gasteiger partial charge on any atom is -0.507 e. The number of hydrogen-bond acceptors (Lipinski definition) is 15. The van der Waals surface area contributed by atoms with E-state index in [0.717, 1.165) is 12.1 Å². The van der Waals surface area contributed by atoms with Gasteiger partial charge >= 0.3 is 0 Å². The van der Waals surface area contributed by atoms with Crippen LogP contribution in [0.1, 0.15) is 29.3 Å². The van der Waals surface area contributed by atoms with Crippen LogP contribution in [0.3, 0.4) is 0 Å². The van der Waals surface area contributed by atoms with E-state index in [-0.39, 0.29) is 42.3 Å². The molecular formula is C29H40O15. The molecule has 0 radical (unpaired) electrons. The predicted molar refractivity (Wildman–Crippen MR) is 150 cm³/mol. The number of phenolic OH excluding ortho intramolecular Hbond substituents is 3. The first kappa shape index (κ1) is 35.2. The topological polar surface area (TPSA) is 245 Å². The third-order valence-corrected chi connectivity index (χ3v) is 7.25. The summed E-state index contributed by atoms with van der Waals surface area (Å²) in [5, 5.41) is 92.4. The van der Waals surface area contributed by atoms with Crippen LogP contribution in [0.25, 0.3) is 0 Å². The van der Waals surface area contributed by atoms with Gasteiger partial charge in [0.25, 0.3) is 0 Å². The van der Waals surface area contributed by atoms with Crippen molar-refractivity contribution in [2.45, 2.75) is 74.9 Å². The smallest absolute Gasteiger partial charge is 0.229 e. The van der Waals surface area contributed by atoms with E-state index in [1.54, 1.807) is 12.1 Å². The minimum absolute atomic E-state index is 0.0699. The number of aliphatic hydroxyl groups excluding tert-OH is 6. The van der Waals surface area contributed by atoms with Crippen LogP contribution in [0.2, 0.25) is 0 Å². The zero-order chi connectivity index (χ0) is 32.7. The SMILES string of the molecule is COCC(O)C(O)C(O)C(C)OC1C(Oc2cc(O)c(C(=O)CCc3ccc(O)c(OC)c3)c(O)c2)OC(CO)C(O)C1O. The summed E-state index contributed by atoms with van der Waals surface area (Å²) in [7, 11) is 2.67. The van der Waals surface area contributed by atoms with Gasteiger partial charge in [0.2, 0.25) is 6.29 Å². The van der Waals surface area contributed by atoms with Gasteiger partial charge in [0, 0.05) is 25.7 Å². The van der Waals surface area contributed by atoms with E-state index in [9.17, 15) is 50.8 Å². The van der Waals surface area contributed by atoms with Crippen LogP contribution in [0, 0.1) is 0 Å². The second-order valence-corrected chi connectivity index (χ2v) is 10.4. The molecule has 3 rings (SSSR count). The standard InChI is InChI=1S/C29H40O15/c1-13(24(36)25(37)20(35)12-40-2)42-28-27(39)26(38)22(11-30)44-29(28)43-15-9-18(33)23(19(34)10-15)17(32)7-5-14-4-6-16(31)21(8-14)41-3/h4,6,8-10,13,20,22,24-31,33-39H,5,7,11-12H2,1-3H3. The van der Waals surface area contributed by atoms with Crippen LogP contribution in [-0.4, -0.2) is 134 Å². The Labute approximate surface area is 253 Å². The van der Waals surface area contributed by atoms with Crippen molar-refractivity contribution in [3.63, 3.8) is 0 Å². The van der Waals surface area contributed by atoms with Gasteiger partial charge in [-0.05, 0) is 31.0 Å². The Morgan fingerprint density at radius 1 is 0.955 bits per heavy atom. The lowest BCUT2D eigenvalue weighted by Crippen LogP contribution is -2.62. The van der Waals surface area contributed by atoms with Crippen LogP contribution >= 0.6 is 0 Å². The molecule has 9 atom stereocenters. The molecule has 1 aliphatic rings. The third kappa shape index (κ3) is 8.26. The van der Waals surface area contributed by atoms with E-state index in [4.69, 9.17) is 23.7 Å². The van der Waals surface area contributed by atoms with Crippen LogP contribution in [0.4, 0.5) is 0 Å². The molecule has 0 amide bonds. The fourth-order valence-corrected chi connectivity index (χ4v) is 4.73. The molecule has 1 aliphatic heterocycles. The largest absolute Gasteiger partial charge is 0.507 e. The van der Waals surface area contributed by atoms with Gasteiger partial charge in [-0.25, -0.2) is 0 Å². The molecule has 9 unspecified atom stereocenters. The molecule has 15 heteroatoms. The van der Waals surface area contributed by atoms with Crippen LogP contribution in [0.15, 0.2) is 30.3 Å². The highest BCUT2D eigenvalue weighted by Gasteiger charge is 2.48. The molecule has 15 nitrogen and oxygen atoms in total. The van der Waals surface area contributed by atoms with Crippen molar-refractivity contribution in [1.82, 2.24) is 0 Å². The van der Waals surface area contributed by atoms with Gasteiger partial charge in [-0.3, -0.25) is 4.79 Å². The Morgan fingerprint density at radius 3 is 2.20 bits per heavy atom. The molecule has 9 N–H and O–H groups in total. The Bertz CT molecular complexity index is 1220. The van der Waals surface area contributed by atoms with Crippen molar-refractivity contribution in [2.75, 3.05) is 27.4 Å². The van der Waals surface area contributed by atoms with Crippen molar-refractivity contribution in [3.05, 3.63) is 41.5 Å². The summed E-state index contributed by atoms with van der Waals surface area (Å²) in [4.78, 5) is 12.9. The highest BCUT2D eigenvalue weighted by Crippen LogP contribution is 2.36. The molecular weight excluding hydrogens is 588 g/mol. The van der Waals surface area contributed by atoms with E-state index in [0.29, 0.717) is 5.56 Å². The fraction of sp³-hybridized carbons (Fsp3) is 0.552. The summed E-state index contributed by atoms with van der Waals surface area (Å²) in [6.07, 6.45) is -14.0. The maximum absolute atomic E-state index is 12.9. The van der Waals surface area contributed by atoms with Gasteiger partial charge in [-0.15, -0.1) is 0 Å². The number of benzene rings is 2. The van der Waals surface area contributed by atoms with Gasteiger partial charge in [0.05, 0.1) is 26.4 Å². The second kappa shape index (κ2) is 15.7. The van der Waals surface area contributed by atoms with Gasteiger partial charge in [0.15, 0.2) is 17.3 Å². The maximum atomic E-state index is 12.9. The zero-order valence-electron chi connectivity index (χ0n) is 24.4. The Morgan fingerprint density at radius 2 is 1.61 bits per heavy atom. The molecule has 0 aromatic heterocycles. The number of rotatable bonds is 15. The summed E-state index contributed by atoms with van der Waals surface area (Å²) in [6.45, 7) is 0.287. The van der Waals surface area contributed by atoms with E-state index < -0.39 is 79.0 Å². The number of carbonyl (C=O) groups is 1. The van der Waals surface area contributed by atoms with Crippen molar-refractivity contribution >= 4 is 5.78 Å². The molecule has 0 saturated carbocycles. The number of Topliss-reactive ketones (excluding diaryl/α,β-unsaturated/α-hetero) is 1. The lowest BCUT2D eigenvalue weighted by molar-refractivity contribution is -0.301. The predicted octanol–water partition coefficient (Wildman–Crippen LogP) is -1.05. The molecule has 44 heavy (non-hydrogen) atoms. The molecule has 2 aromatic rings. The van der Waals surface area contributed by atoms with E-state index in [1.807, 2.05) is 0 Å². The Balaban J connectivity index is 1.78. The number of aliphatic hydroxyl groups is 6. The van der Waals surface area contributed by atoms with Gasteiger partial charge in [-0.2, -0.15) is 0 Å². The van der Waals surface area contributed by atoms with Crippen LogP contribution < -0.4 is 9.47 Å². The summed E-state index contributed by atoms with van der Waals surface area (Å²) in [5.74, 6) is -1.98. The van der Waals surface area contributed by atoms with Gasteiger partial charge in [0.1, 0.15) is 65.5 Å². The second-order valence-electron chi connectivity index (χ2n) is 10.4. The number of ether oxygens (including phenoxy) is 5. The molecule has 0 spiro atoms. The van der Waals surface area contributed by atoms with Crippen molar-refractivity contribution in [1.29, 1.82) is 0 Å². The number of phenols is 3. The van der Waals surface area contributed by atoms with Crippen molar-refractivity contribution in [2.24, 2.45) is 0 Å². The molecule has 1 fully saturated rings. The number of methoxy groups -OCH3 is 2. The summed E-state index contributed by atoms with van der Waals surface area (Å²) in [6, 6.07) is 6.57. The Hall–Kier alpha value is -3.25. The highest BCUT2D eigenvalue weighted by molar-refractivity contribution is 6.01. The summed E-state index contributed by atoms with van der Waals surface area (Å²) >= 11 is 0. The number of aryl methyl sites for hydroxylation is 1. The normalized spacial score (nSPS) is 24.7. The summed E-state index contributed by atoms with van der Waals surface area (Å²) < 4.78 is 26.7. The molecule has 0 aliphatic carbocycles. The first-order chi connectivity index (χ1) is 20.8. The molecule has 1 heterocycles. The third-order valence-electron chi connectivity index (χ3n) is 7.25. The minimum atomic E-state index is -1.75. The molecule has 1 saturated heterocycles. The van der Waals surface area contributed by atoms with E-state index in [1.165, 1.54) is 27.2 Å². The number of ketones is 1.